The van der Waals surface area contributed by atoms with Crippen LogP contribution in [0, 0.1) is 13.8 Å². The van der Waals surface area contributed by atoms with E-state index in [2.05, 4.69) is 36.9 Å². The van der Waals surface area contributed by atoms with E-state index < -0.39 is 6.10 Å². The van der Waals surface area contributed by atoms with Crippen molar-refractivity contribution in [3.63, 3.8) is 0 Å². The van der Waals surface area contributed by atoms with Gasteiger partial charge in [-0.05, 0) is 49.6 Å². The highest BCUT2D eigenvalue weighted by Gasteiger charge is 2.28. The molecule has 0 aromatic heterocycles. The minimum atomic E-state index is -0.473. The Morgan fingerprint density at radius 1 is 1.04 bits per heavy atom. The van der Waals surface area contributed by atoms with Crippen LogP contribution in [0.15, 0.2) is 42.5 Å². The minimum Gasteiger partial charge on any atom is -0.497 e. The average Bonchev–Trinajstić information content (AvgIpc) is 2.74. The molecule has 5 nitrogen and oxygen atoms in total. The van der Waals surface area contributed by atoms with Gasteiger partial charge in [0.05, 0.1) is 7.11 Å². The van der Waals surface area contributed by atoms with Crippen LogP contribution in [-0.4, -0.2) is 50.2 Å². The van der Waals surface area contributed by atoms with Crippen molar-refractivity contribution in [3.05, 3.63) is 53.6 Å². The number of ether oxygens (including phenoxy) is 2. The molecule has 150 valence electrons. The molecular formula is C23H30N2O3. The molecule has 0 aliphatic carbocycles. The number of carbonyl (C=O) groups is 1. The number of piperazine rings is 1. The number of hydrogen-bond acceptors (Lipinski definition) is 4. The van der Waals surface area contributed by atoms with Crippen molar-refractivity contribution in [2.45, 2.75) is 33.3 Å². The molecule has 1 aliphatic heterocycles. The molecule has 2 aromatic rings. The Bertz CT molecular complexity index is 813. The second kappa shape index (κ2) is 9.00. The molecule has 1 fully saturated rings. The molecule has 1 saturated heterocycles. The van der Waals surface area contributed by atoms with Crippen molar-refractivity contribution in [1.29, 1.82) is 0 Å². The van der Waals surface area contributed by atoms with Gasteiger partial charge in [-0.2, -0.15) is 0 Å². The molecule has 3 rings (SSSR count). The first-order valence-electron chi connectivity index (χ1n) is 9.94. The van der Waals surface area contributed by atoms with Crippen LogP contribution in [0.2, 0.25) is 0 Å². The Morgan fingerprint density at radius 3 is 2.39 bits per heavy atom. The molecule has 5 heteroatoms. The molecule has 2 aromatic carbocycles. The van der Waals surface area contributed by atoms with E-state index in [0.717, 1.165) is 18.8 Å². The maximum atomic E-state index is 13.0. The lowest BCUT2D eigenvalue weighted by Crippen LogP contribution is -2.52. The second-order valence-electron chi connectivity index (χ2n) is 7.23. The van der Waals surface area contributed by atoms with Crippen LogP contribution in [0.25, 0.3) is 0 Å². The summed E-state index contributed by atoms with van der Waals surface area (Å²) in [5.41, 5.74) is 3.88. The van der Waals surface area contributed by atoms with E-state index in [1.165, 1.54) is 16.8 Å². The summed E-state index contributed by atoms with van der Waals surface area (Å²) >= 11 is 0. The van der Waals surface area contributed by atoms with Gasteiger partial charge >= 0.3 is 0 Å². The van der Waals surface area contributed by atoms with E-state index in [4.69, 9.17) is 9.47 Å². The van der Waals surface area contributed by atoms with E-state index in [-0.39, 0.29) is 5.91 Å². The van der Waals surface area contributed by atoms with Crippen molar-refractivity contribution in [3.8, 4) is 11.5 Å². The molecule has 0 unspecified atom stereocenters. The van der Waals surface area contributed by atoms with E-state index in [0.29, 0.717) is 25.3 Å². The fourth-order valence-corrected chi connectivity index (χ4v) is 3.60. The number of benzene rings is 2. The van der Waals surface area contributed by atoms with Crippen molar-refractivity contribution in [1.82, 2.24) is 4.90 Å². The number of carbonyl (C=O) groups excluding carboxylic acids is 1. The summed E-state index contributed by atoms with van der Waals surface area (Å²) < 4.78 is 11.2. The summed E-state index contributed by atoms with van der Waals surface area (Å²) in [6, 6.07) is 13.8. The number of aryl methyl sites for hydroxylation is 1. The Hall–Kier alpha value is -2.69. The summed E-state index contributed by atoms with van der Waals surface area (Å²) in [4.78, 5) is 17.3. The van der Waals surface area contributed by atoms with Gasteiger partial charge in [-0.25, -0.2) is 0 Å². The number of hydrogen-bond donors (Lipinski definition) is 0. The molecule has 0 radical (unpaired) electrons. The monoisotopic (exact) mass is 382 g/mol. The molecule has 0 saturated carbocycles. The Balaban J connectivity index is 1.62. The first-order valence-corrected chi connectivity index (χ1v) is 9.94. The maximum absolute atomic E-state index is 13.0. The summed E-state index contributed by atoms with van der Waals surface area (Å²) in [5, 5.41) is 0. The molecule has 0 N–H and O–H groups in total. The number of nitrogens with zero attached hydrogens (tertiary/aromatic N) is 2. The third kappa shape index (κ3) is 4.41. The van der Waals surface area contributed by atoms with Crippen LogP contribution in [-0.2, 0) is 4.79 Å². The van der Waals surface area contributed by atoms with Crippen LogP contribution >= 0.6 is 0 Å². The van der Waals surface area contributed by atoms with Crippen molar-refractivity contribution < 1.29 is 14.3 Å². The Kier molecular flexibility index (Phi) is 6.45. The molecule has 1 amide bonds. The van der Waals surface area contributed by atoms with Crippen LogP contribution < -0.4 is 14.4 Å². The van der Waals surface area contributed by atoms with E-state index in [1.54, 1.807) is 7.11 Å². The fraction of sp³-hybridized carbons (Fsp3) is 0.435. The van der Waals surface area contributed by atoms with Gasteiger partial charge in [0.2, 0.25) is 0 Å². The van der Waals surface area contributed by atoms with Gasteiger partial charge in [0.25, 0.3) is 5.91 Å². The van der Waals surface area contributed by atoms with Crippen LogP contribution in [0.1, 0.15) is 24.5 Å². The highest BCUT2D eigenvalue weighted by molar-refractivity contribution is 5.81. The zero-order chi connectivity index (χ0) is 20.1. The predicted octanol–water partition coefficient (Wildman–Crippen LogP) is 3.82. The predicted molar refractivity (Wildman–Crippen MR) is 112 cm³/mol. The van der Waals surface area contributed by atoms with E-state index >= 15 is 0 Å². The third-order valence-corrected chi connectivity index (χ3v) is 5.47. The molecule has 1 heterocycles. The van der Waals surface area contributed by atoms with Gasteiger partial charge in [0.15, 0.2) is 6.10 Å². The number of anilines is 1. The molecule has 0 bridgehead atoms. The van der Waals surface area contributed by atoms with Crippen LogP contribution in [0.3, 0.4) is 0 Å². The first kappa shape index (κ1) is 20.1. The van der Waals surface area contributed by atoms with Gasteiger partial charge in [-0.3, -0.25) is 4.79 Å². The summed E-state index contributed by atoms with van der Waals surface area (Å²) in [7, 11) is 1.62. The van der Waals surface area contributed by atoms with Crippen LogP contribution in [0.5, 0.6) is 11.5 Å². The van der Waals surface area contributed by atoms with Crippen LogP contribution in [0.4, 0.5) is 5.69 Å². The van der Waals surface area contributed by atoms with Crippen molar-refractivity contribution in [2.75, 3.05) is 38.2 Å². The standard InChI is InChI=1S/C23H30N2O3/c1-5-22(28-20-10-7-9-19(16-20)27-4)23(26)25-14-12-24(13-15-25)21-11-6-8-17(2)18(21)3/h6-11,16,22H,5,12-15H2,1-4H3/t22-/m0/s1. The van der Waals surface area contributed by atoms with Gasteiger partial charge in [-0.15, -0.1) is 0 Å². The summed E-state index contributed by atoms with van der Waals surface area (Å²) in [6.45, 7) is 9.39. The minimum absolute atomic E-state index is 0.0611. The van der Waals surface area contributed by atoms with E-state index in [9.17, 15) is 4.79 Å². The Labute approximate surface area is 167 Å². The van der Waals surface area contributed by atoms with E-state index in [1.807, 2.05) is 36.1 Å². The fourth-order valence-electron chi connectivity index (χ4n) is 3.60. The largest absolute Gasteiger partial charge is 0.497 e. The first-order chi connectivity index (χ1) is 13.5. The SMILES string of the molecule is CC[C@H](Oc1cccc(OC)c1)C(=O)N1CCN(c2cccc(C)c2C)CC1. The molecule has 1 aliphatic rings. The number of methoxy groups -OCH3 is 1. The smallest absolute Gasteiger partial charge is 0.263 e. The number of amides is 1. The third-order valence-electron chi connectivity index (χ3n) is 5.47. The molecule has 0 spiro atoms. The summed E-state index contributed by atoms with van der Waals surface area (Å²) in [6.07, 6.45) is 0.159. The summed E-state index contributed by atoms with van der Waals surface area (Å²) in [5.74, 6) is 1.45. The van der Waals surface area contributed by atoms with Gasteiger partial charge in [0, 0.05) is 37.9 Å². The quantitative estimate of drug-likeness (QED) is 0.762. The lowest BCUT2D eigenvalue weighted by Gasteiger charge is -2.38. The van der Waals surface area contributed by atoms with Crippen molar-refractivity contribution in [2.24, 2.45) is 0 Å². The van der Waals surface area contributed by atoms with Gasteiger partial charge < -0.3 is 19.3 Å². The maximum Gasteiger partial charge on any atom is 0.263 e. The average molecular weight is 383 g/mol. The zero-order valence-corrected chi connectivity index (χ0v) is 17.3. The van der Waals surface area contributed by atoms with Gasteiger partial charge in [-0.1, -0.05) is 25.1 Å². The highest BCUT2D eigenvalue weighted by Crippen LogP contribution is 2.25. The highest BCUT2D eigenvalue weighted by atomic mass is 16.5. The lowest BCUT2D eigenvalue weighted by molar-refractivity contribution is -0.139. The molecule has 28 heavy (non-hydrogen) atoms. The molecular weight excluding hydrogens is 352 g/mol. The zero-order valence-electron chi connectivity index (χ0n) is 17.3. The second-order valence-corrected chi connectivity index (χ2v) is 7.23. The lowest BCUT2D eigenvalue weighted by atomic mass is 10.1. The molecule has 1 atom stereocenters. The van der Waals surface area contributed by atoms with Crippen molar-refractivity contribution >= 4 is 11.6 Å². The Morgan fingerprint density at radius 2 is 1.71 bits per heavy atom. The van der Waals surface area contributed by atoms with Gasteiger partial charge in [0.1, 0.15) is 11.5 Å². The number of rotatable bonds is 6. The topological polar surface area (TPSA) is 42.0 Å². The normalized spacial score (nSPS) is 15.3.